The predicted molar refractivity (Wildman–Crippen MR) is 70.4 cm³/mol. The van der Waals surface area contributed by atoms with Gasteiger partial charge in [-0.15, -0.1) is 12.4 Å². The molecule has 0 radical (unpaired) electrons. The van der Waals surface area contributed by atoms with Gasteiger partial charge in [-0.25, -0.2) is 0 Å². The van der Waals surface area contributed by atoms with Gasteiger partial charge in [-0.2, -0.15) is 0 Å². The molecule has 0 amide bonds. The number of hydrogen-bond acceptors (Lipinski definition) is 2. The Kier molecular flexibility index (Phi) is 3.90. The zero-order valence-corrected chi connectivity index (χ0v) is 11.4. The summed E-state index contributed by atoms with van der Waals surface area (Å²) in [4.78, 5) is 0. The van der Waals surface area contributed by atoms with Crippen LogP contribution < -0.4 is 5.32 Å². The summed E-state index contributed by atoms with van der Waals surface area (Å²) in [6.07, 6.45) is 1.14. The minimum absolute atomic E-state index is 0. The van der Waals surface area contributed by atoms with Crippen LogP contribution in [0.1, 0.15) is 22.6 Å². The first-order valence-electron chi connectivity index (χ1n) is 5.44. The SMILES string of the molecule is Brc1cc2c3c(c1)COCC3CNCC2.Cl. The molecule has 2 nitrogen and oxygen atoms in total. The fraction of sp³-hybridized carbons (Fsp3) is 0.500. The number of rotatable bonds is 0. The monoisotopic (exact) mass is 303 g/mol. The van der Waals surface area contributed by atoms with Crippen molar-refractivity contribution in [3.8, 4) is 0 Å². The first-order chi connectivity index (χ1) is 7.34. The van der Waals surface area contributed by atoms with Crippen LogP contribution in [0.15, 0.2) is 16.6 Å². The molecule has 1 aromatic rings. The van der Waals surface area contributed by atoms with Crippen LogP contribution in [0, 0.1) is 0 Å². The third kappa shape index (κ3) is 2.14. The van der Waals surface area contributed by atoms with Crippen LogP contribution in [0.2, 0.25) is 0 Å². The largest absolute Gasteiger partial charge is 0.376 e. The van der Waals surface area contributed by atoms with Crippen molar-refractivity contribution in [2.24, 2.45) is 0 Å². The van der Waals surface area contributed by atoms with E-state index in [4.69, 9.17) is 4.74 Å². The Morgan fingerprint density at radius 1 is 1.31 bits per heavy atom. The van der Waals surface area contributed by atoms with Gasteiger partial charge < -0.3 is 10.1 Å². The van der Waals surface area contributed by atoms with Gasteiger partial charge in [-0.3, -0.25) is 0 Å². The van der Waals surface area contributed by atoms with Crippen molar-refractivity contribution in [1.29, 1.82) is 0 Å². The number of ether oxygens (including phenoxy) is 1. The lowest BCUT2D eigenvalue weighted by atomic mass is 9.88. The molecule has 0 fully saturated rings. The maximum atomic E-state index is 5.64. The van der Waals surface area contributed by atoms with Crippen LogP contribution in [0.3, 0.4) is 0 Å². The van der Waals surface area contributed by atoms with Gasteiger partial charge in [0.05, 0.1) is 13.2 Å². The van der Waals surface area contributed by atoms with Crippen LogP contribution in [0.5, 0.6) is 0 Å². The van der Waals surface area contributed by atoms with Gasteiger partial charge in [-0.05, 0) is 41.8 Å². The number of nitrogens with one attached hydrogen (secondary N) is 1. The summed E-state index contributed by atoms with van der Waals surface area (Å²) in [6.45, 7) is 3.79. The second kappa shape index (κ2) is 5.05. The average molecular weight is 305 g/mol. The zero-order valence-electron chi connectivity index (χ0n) is 8.96. The van der Waals surface area contributed by atoms with Crippen LogP contribution in [0.4, 0.5) is 0 Å². The van der Waals surface area contributed by atoms with Gasteiger partial charge in [0, 0.05) is 16.9 Å². The summed E-state index contributed by atoms with van der Waals surface area (Å²) in [5.41, 5.74) is 4.42. The van der Waals surface area contributed by atoms with Gasteiger partial charge in [0.15, 0.2) is 0 Å². The van der Waals surface area contributed by atoms with E-state index in [-0.39, 0.29) is 12.4 Å². The highest BCUT2D eigenvalue weighted by Gasteiger charge is 2.25. The highest BCUT2D eigenvalue weighted by atomic mass is 79.9. The maximum Gasteiger partial charge on any atom is 0.0720 e. The van der Waals surface area contributed by atoms with E-state index in [2.05, 4.69) is 33.4 Å². The van der Waals surface area contributed by atoms with E-state index in [1.54, 1.807) is 5.56 Å². The molecule has 2 heterocycles. The average Bonchev–Trinajstić information content (AvgIpc) is 2.42. The van der Waals surface area contributed by atoms with E-state index in [1.165, 1.54) is 15.6 Å². The first kappa shape index (κ1) is 12.4. The minimum atomic E-state index is 0. The Hall–Kier alpha value is -0.0900. The standard InChI is InChI=1S/C12H14BrNO.ClH/c13-11-3-8-1-2-14-5-10-7-15-6-9(4-11)12(8)10;/h3-4,10,14H,1-2,5-7H2;1H. The van der Waals surface area contributed by atoms with Crippen molar-refractivity contribution in [2.45, 2.75) is 18.9 Å². The zero-order chi connectivity index (χ0) is 10.3. The number of halogens is 2. The van der Waals surface area contributed by atoms with Gasteiger partial charge in [0.2, 0.25) is 0 Å². The molecule has 3 rings (SSSR count). The maximum absolute atomic E-state index is 5.64. The molecule has 88 valence electrons. The van der Waals surface area contributed by atoms with Crippen molar-refractivity contribution >= 4 is 28.3 Å². The molecule has 2 aliphatic rings. The molecule has 1 unspecified atom stereocenters. The van der Waals surface area contributed by atoms with Gasteiger partial charge in [0.25, 0.3) is 0 Å². The Labute approximate surface area is 110 Å². The number of benzene rings is 1. The lowest BCUT2D eigenvalue weighted by molar-refractivity contribution is 0.0912. The van der Waals surface area contributed by atoms with Crippen LogP contribution in [-0.2, 0) is 17.8 Å². The Morgan fingerprint density at radius 3 is 3.00 bits per heavy atom. The summed E-state index contributed by atoms with van der Waals surface area (Å²) >= 11 is 3.58. The minimum Gasteiger partial charge on any atom is -0.376 e. The summed E-state index contributed by atoms with van der Waals surface area (Å²) in [5, 5.41) is 3.48. The molecule has 0 aliphatic carbocycles. The highest BCUT2D eigenvalue weighted by molar-refractivity contribution is 9.10. The molecule has 0 saturated carbocycles. The molecule has 1 aromatic carbocycles. The van der Waals surface area contributed by atoms with Gasteiger partial charge in [-0.1, -0.05) is 15.9 Å². The van der Waals surface area contributed by atoms with Crippen LogP contribution in [0.25, 0.3) is 0 Å². The van der Waals surface area contributed by atoms with Crippen molar-refractivity contribution in [2.75, 3.05) is 19.7 Å². The highest BCUT2D eigenvalue weighted by Crippen LogP contribution is 2.33. The molecule has 0 aromatic heterocycles. The second-order valence-corrected chi connectivity index (χ2v) is 5.22. The van der Waals surface area contributed by atoms with E-state index in [0.29, 0.717) is 5.92 Å². The molecule has 0 saturated heterocycles. The van der Waals surface area contributed by atoms with Crippen LogP contribution in [-0.4, -0.2) is 19.7 Å². The van der Waals surface area contributed by atoms with E-state index in [9.17, 15) is 0 Å². The third-order valence-electron chi connectivity index (χ3n) is 3.26. The molecule has 2 aliphatic heterocycles. The number of hydrogen-bond donors (Lipinski definition) is 1. The molecule has 0 spiro atoms. The quantitative estimate of drug-likeness (QED) is 0.795. The fourth-order valence-corrected chi connectivity index (χ4v) is 3.19. The van der Waals surface area contributed by atoms with E-state index in [0.717, 1.165) is 32.7 Å². The molecular weight excluding hydrogens is 289 g/mol. The first-order valence-corrected chi connectivity index (χ1v) is 6.23. The van der Waals surface area contributed by atoms with E-state index >= 15 is 0 Å². The normalized spacial score (nSPS) is 22.9. The van der Waals surface area contributed by atoms with Crippen LogP contribution >= 0.6 is 28.3 Å². The summed E-state index contributed by atoms with van der Waals surface area (Å²) in [6, 6.07) is 4.47. The van der Waals surface area contributed by atoms with Gasteiger partial charge >= 0.3 is 0 Å². The smallest absolute Gasteiger partial charge is 0.0720 e. The molecule has 4 heteroatoms. The molecule has 0 bridgehead atoms. The Balaban J connectivity index is 0.000000963. The van der Waals surface area contributed by atoms with E-state index in [1.807, 2.05) is 0 Å². The lowest BCUT2D eigenvalue weighted by Gasteiger charge is -2.26. The third-order valence-corrected chi connectivity index (χ3v) is 3.72. The van der Waals surface area contributed by atoms with E-state index < -0.39 is 0 Å². The van der Waals surface area contributed by atoms with Crippen molar-refractivity contribution in [3.63, 3.8) is 0 Å². The lowest BCUT2D eigenvalue weighted by Crippen LogP contribution is -2.26. The fourth-order valence-electron chi connectivity index (χ4n) is 2.64. The topological polar surface area (TPSA) is 21.3 Å². The second-order valence-electron chi connectivity index (χ2n) is 4.30. The molecule has 1 N–H and O–H groups in total. The van der Waals surface area contributed by atoms with Crippen molar-refractivity contribution in [3.05, 3.63) is 33.3 Å². The predicted octanol–water partition coefficient (Wildman–Crippen LogP) is 2.63. The summed E-state index contributed by atoms with van der Waals surface area (Å²) in [5.74, 6) is 0.555. The summed E-state index contributed by atoms with van der Waals surface area (Å²) in [7, 11) is 0. The molecule has 1 atom stereocenters. The van der Waals surface area contributed by atoms with Gasteiger partial charge in [0.1, 0.15) is 0 Å². The molecular formula is C12H15BrClNO. The summed E-state index contributed by atoms with van der Waals surface area (Å²) < 4.78 is 6.82. The van der Waals surface area contributed by atoms with Crippen molar-refractivity contribution < 1.29 is 4.74 Å². The Bertz CT molecular complexity index is 397. The van der Waals surface area contributed by atoms with Crippen molar-refractivity contribution in [1.82, 2.24) is 5.32 Å². The Morgan fingerprint density at radius 2 is 2.12 bits per heavy atom. The molecule has 16 heavy (non-hydrogen) atoms.